The number of sulfonamides is 1. The number of carbonyl (C=O) groups is 1. The Morgan fingerprint density at radius 1 is 1.29 bits per heavy atom. The van der Waals surface area contributed by atoms with Crippen LogP contribution in [-0.2, 0) is 14.8 Å². The Kier molecular flexibility index (Phi) is 5.06. The van der Waals surface area contributed by atoms with Gasteiger partial charge < -0.3 is 5.32 Å². The molecule has 1 amide bonds. The maximum absolute atomic E-state index is 13.4. The van der Waals surface area contributed by atoms with Crippen molar-refractivity contribution >= 4 is 21.6 Å². The van der Waals surface area contributed by atoms with Crippen molar-refractivity contribution in [2.45, 2.75) is 26.3 Å². The lowest BCUT2D eigenvalue weighted by Gasteiger charge is -2.32. The zero-order chi connectivity index (χ0) is 16.4. The van der Waals surface area contributed by atoms with Gasteiger partial charge in [-0.2, -0.15) is 4.31 Å². The van der Waals surface area contributed by atoms with E-state index in [0.717, 1.165) is 22.7 Å². The molecule has 0 saturated heterocycles. The van der Waals surface area contributed by atoms with Gasteiger partial charge in [0.15, 0.2) is 0 Å². The number of hydrogen-bond acceptors (Lipinski definition) is 3. The van der Waals surface area contributed by atoms with Crippen LogP contribution < -0.4 is 5.32 Å². The first-order valence-electron chi connectivity index (χ1n) is 6.14. The number of benzene rings is 1. The molecule has 21 heavy (non-hydrogen) atoms. The molecule has 0 unspecified atom stereocenters. The van der Waals surface area contributed by atoms with Crippen LogP contribution in [0.1, 0.15) is 20.8 Å². The molecular formula is C13H18F2N2O3S. The van der Waals surface area contributed by atoms with E-state index in [1.807, 2.05) is 0 Å². The molecule has 0 fully saturated rings. The molecule has 0 radical (unpaired) electrons. The van der Waals surface area contributed by atoms with Crippen molar-refractivity contribution in [2.24, 2.45) is 0 Å². The Morgan fingerprint density at radius 3 is 2.29 bits per heavy atom. The third kappa shape index (κ3) is 5.05. The summed E-state index contributed by atoms with van der Waals surface area (Å²) in [6, 6.07) is 2.70. The van der Waals surface area contributed by atoms with Gasteiger partial charge in [-0.05, 0) is 32.9 Å². The first-order valence-corrected chi connectivity index (χ1v) is 7.99. The number of carbonyl (C=O) groups excluding carboxylic acids is 1. The van der Waals surface area contributed by atoms with Crippen LogP contribution >= 0.6 is 0 Å². The SMILES string of the molecule is CC(C)(C)N(CC(=O)Nc1ccc(F)cc1F)S(C)(=O)=O. The molecule has 0 aliphatic heterocycles. The molecule has 0 aliphatic carbocycles. The maximum atomic E-state index is 13.4. The molecule has 8 heteroatoms. The molecule has 1 aromatic carbocycles. The number of halogens is 2. The molecule has 1 rings (SSSR count). The summed E-state index contributed by atoms with van der Waals surface area (Å²) in [4.78, 5) is 11.9. The molecule has 1 aromatic rings. The lowest BCUT2D eigenvalue weighted by Crippen LogP contribution is -2.48. The molecule has 0 aliphatic rings. The molecule has 5 nitrogen and oxygen atoms in total. The van der Waals surface area contributed by atoms with Crippen molar-refractivity contribution in [1.82, 2.24) is 4.31 Å². The summed E-state index contributed by atoms with van der Waals surface area (Å²) in [7, 11) is -3.61. The van der Waals surface area contributed by atoms with E-state index in [4.69, 9.17) is 0 Å². The molecule has 0 aromatic heterocycles. The van der Waals surface area contributed by atoms with Gasteiger partial charge in [-0.15, -0.1) is 0 Å². The van der Waals surface area contributed by atoms with Crippen molar-refractivity contribution in [3.8, 4) is 0 Å². The van der Waals surface area contributed by atoms with Crippen LogP contribution in [0.15, 0.2) is 18.2 Å². The highest BCUT2D eigenvalue weighted by Crippen LogP contribution is 2.18. The molecular weight excluding hydrogens is 302 g/mol. The van der Waals surface area contributed by atoms with Gasteiger partial charge in [0.05, 0.1) is 18.5 Å². The second-order valence-electron chi connectivity index (χ2n) is 5.61. The molecule has 0 saturated carbocycles. The van der Waals surface area contributed by atoms with Crippen molar-refractivity contribution in [1.29, 1.82) is 0 Å². The van der Waals surface area contributed by atoms with Crippen LogP contribution in [0.4, 0.5) is 14.5 Å². The summed E-state index contributed by atoms with van der Waals surface area (Å²) in [5.41, 5.74) is -1.00. The average molecular weight is 320 g/mol. The standard InChI is InChI=1S/C13H18F2N2O3S/c1-13(2,3)17(21(4,19)20)8-12(18)16-11-6-5-9(14)7-10(11)15/h5-7H,8H2,1-4H3,(H,16,18). The zero-order valence-electron chi connectivity index (χ0n) is 12.3. The van der Waals surface area contributed by atoms with Crippen LogP contribution in [0.2, 0.25) is 0 Å². The summed E-state index contributed by atoms with van der Waals surface area (Å²) >= 11 is 0. The second-order valence-corrected chi connectivity index (χ2v) is 7.52. The van der Waals surface area contributed by atoms with E-state index in [-0.39, 0.29) is 5.69 Å². The maximum Gasteiger partial charge on any atom is 0.239 e. The summed E-state index contributed by atoms with van der Waals surface area (Å²) < 4.78 is 50.6. The van der Waals surface area contributed by atoms with Gasteiger partial charge in [-0.1, -0.05) is 0 Å². The topological polar surface area (TPSA) is 66.5 Å². The Bertz CT molecular complexity index is 639. The largest absolute Gasteiger partial charge is 0.322 e. The van der Waals surface area contributed by atoms with Crippen molar-refractivity contribution in [3.63, 3.8) is 0 Å². The number of amides is 1. The normalized spacial score (nSPS) is 12.5. The number of hydrogen-bond donors (Lipinski definition) is 1. The fraction of sp³-hybridized carbons (Fsp3) is 0.462. The first-order chi connectivity index (χ1) is 9.41. The lowest BCUT2D eigenvalue weighted by atomic mass is 10.1. The summed E-state index contributed by atoms with van der Waals surface area (Å²) in [5.74, 6) is -2.40. The summed E-state index contributed by atoms with van der Waals surface area (Å²) in [6.07, 6.45) is 0.990. The minimum absolute atomic E-state index is 0.205. The van der Waals surface area contributed by atoms with Crippen LogP contribution in [0, 0.1) is 11.6 Å². The minimum atomic E-state index is -3.61. The van der Waals surface area contributed by atoms with Gasteiger partial charge in [0.2, 0.25) is 15.9 Å². The zero-order valence-corrected chi connectivity index (χ0v) is 13.1. The third-order valence-electron chi connectivity index (χ3n) is 2.64. The fourth-order valence-electron chi connectivity index (χ4n) is 1.76. The number of nitrogens with one attached hydrogen (secondary N) is 1. The summed E-state index contributed by atoms with van der Waals surface area (Å²) in [6.45, 7) is 4.46. The fourth-order valence-corrected chi connectivity index (χ4v) is 3.11. The third-order valence-corrected chi connectivity index (χ3v) is 4.12. The van der Waals surface area contributed by atoms with Crippen LogP contribution in [0.25, 0.3) is 0 Å². The smallest absolute Gasteiger partial charge is 0.239 e. The van der Waals surface area contributed by atoms with Crippen molar-refractivity contribution < 1.29 is 22.0 Å². The van der Waals surface area contributed by atoms with E-state index in [1.165, 1.54) is 0 Å². The van der Waals surface area contributed by atoms with Gasteiger partial charge in [0.25, 0.3) is 0 Å². The predicted molar refractivity (Wildman–Crippen MR) is 76.3 cm³/mol. The molecule has 1 N–H and O–H groups in total. The van der Waals surface area contributed by atoms with Gasteiger partial charge >= 0.3 is 0 Å². The highest BCUT2D eigenvalue weighted by atomic mass is 32.2. The van der Waals surface area contributed by atoms with Crippen LogP contribution in [0.5, 0.6) is 0 Å². The molecule has 0 spiro atoms. The Balaban J connectivity index is 2.89. The number of nitrogens with zero attached hydrogens (tertiary/aromatic N) is 1. The molecule has 0 heterocycles. The number of anilines is 1. The quantitative estimate of drug-likeness (QED) is 0.922. The van der Waals surface area contributed by atoms with Crippen molar-refractivity contribution in [2.75, 3.05) is 18.1 Å². The highest BCUT2D eigenvalue weighted by molar-refractivity contribution is 7.88. The Morgan fingerprint density at radius 2 is 1.86 bits per heavy atom. The highest BCUT2D eigenvalue weighted by Gasteiger charge is 2.31. The average Bonchev–Trinajstić information content (AvgIpc) is 2.27. The monoisotopic (exact) mass is 320 g/mol. The lowest BCUT2D eigenvalue weighted by molar-refractivity contribution is -0.117. The van der Waals surface area contributed by atoms with Gasteiger partial charge in [0, 0.05) is 11.6 Å². The molecule has 0 bridgehead atoms. The van der Waals surface area contributed by atoms with Crippen molar-refractivity contribution in [3.05, 3.63) is 29.8 Å². The van der Waals surface area contributed by atoms with Gasteiger partial charge in [-0.3, -0.25) is 4.79 Å². The predicted octanol–water partition coefficient (Wildman–Crippen LogP) is 1.96. The van der Waals surface area contributed by atoms with Gasteiger partial charge in [0.1, 0.15) is 11.6 Å². The van der Waals surface area contributed by atoms with E-state index in [0.29, 0.717) is 6.07 Å². The van der Waals surface area contributed by atoms with Crippen LogP contribution in [0.3, 0.4) is 0 Å². The summed E-state index contributed by atoms with van der Waals surface area (Å²) in [5, 5.41) is 2.23. The van der Waals surface area contributed by atoms with Crippen LogP contribution in [-0.4, -0.2) is 37.0 Å². The van der Waals surface area contributed by atoms with E-state index < -0.39 is 39.6 Å². The first kappa shape index (κ1) is 17.5. The Hall–Kier alpha value is -1.54. The van der Waals surface area contributed by atoms with E-state index >= 15 is 0 Å². The molecule has 118 valence electrons. The van der Waals surface area contributed by atoms with E-state index in [9.17, 15) is 22.0 Å². The minimum Gasteiger partial charge on any atom is -0.322 e. The Labute approximate surface area is 123 Å². The van der Waals surface area contributed by atoms with Gasteiger partial charge in [-0.25, -0.2) is 17.2 Å². The van der Waals surface area contributed by atoms with E-state index in [1.54, 1.807) is 20.8 Å². The van der Waals surface area contributed by atoms with E-state index in [2.05, 4.69) is 5.32 Å². The molecule has 0 atom stereocenters. The second kappa shape index (κ2) is 6.07. The number of rotatable bonds is 4.